The van der Waals surface area contributed by atoms with Gasteiger partial charge in [-0.3, -0.25) is 20.1 Å². The molecule has 9 heteroatoms. The molecule has 0 saturated carbocycles. The second-order valence-electron chi connectivity index (χ2n) is 9.13. The van der Waals surface area contributed by atoms with Crippen LogP contribution in [0.15, 0.2) is 79.5 Å². The minimum Gasteiger partial charge on any atom is -0.358 e. The van der Waals surface area contributed by atoms with E-state index >= 15 is 0 Å². The first-order chi connectivity index (χ1) is 18.6. The van der Waals surface area contributed by atoms with Crippen molar-refractivity contribution in [2.75, 3.05) is 5.32 Å². The van der Waals surface area contributed by atoms with Gasteiger partial charge in [-0.1, -0.05) is 32.1 Å². The van der Waals surface area contributed by atoms with E-state index in [-0.39, 0.29) is 5.82 Å². The molecule has 0 aliphatic heterocycles. The fourth-order valence-corrected chi connectivity index (χ4v) is 4.45. The van der Waals surface area contributed by atoms with E-state index in [0.717, 1.165) is 58.3 Å². The summed E-state index contributed by atoms with van der Waals surface area (Å²) in [6, 6.07) is 12.2. The van der Waals surface area contributed by atoms with Crippen molar-refractivity contribution < 1.29 is 4.39 Å². The summed E-state index contributed by atoms with van der Waals surface area (Å²) in [5.41, 5.74) is 7.58. The van der Waals surface area contributed by atoms with E-state index in [1.54, 1.807) is 30.9 Å². The number of unbranched alkanes of at least 4 members (excludes halogenated alkanes) is 1. The summed E-state index contributed by atoms with van der Waals surface area (Å²) in [5.74, 6) is 0.254. The number of hydrogen-bond donors (Lipinski definition) is 3. The summed E-state index contributed by atoms with van der Waals surface area (Å²) in [6.07, 6.45) is 10.1. The van der Waals surface area contributed by atoms with Gasteiger partial charge < -0.3 is 10.3 Å². The van der Waals surface area contributed by atoms with Gasteiger partial charge in [-0.2, -0.15) is 5.10 Å². The van der Waals surface area contributed by atoms with E-state index in [2.05, 4.69) is 49.0 Å². The highest BCUT2D eigenvalue weighted by molar-refractivity contribution is 5.96. The zero-order chi connectivity index (χ0) is 26.1. The predicted octanol–water partition coefficient (Wildman–Crippen LogP) is 6.88. The number of hydrogen-bond acceptors (Lipinski definition) is 6. The molecular formula is C29H25FN8. The van der Waals surface area contributed by atoms with Crippen molar-refractivity contribution in [3.63, 3.8) is 0 Å². The summed E-state index contributed by atoms with van der Waals surface area (Å²) < 4.78 is 13.9. The van der Waals surface area contributed by atoms with E-state index in [0.29, 0.717) is 28.3 Å². The number of nitrogens with one attached hydrogen (secondary N) is 3. The summed E-state index contributed by atoms with van der Waals surface area (Å²) in [5, 5.41) is 11.8. The SMILES string of the molecule is C=C(CCCC)Nc1cncc(-c2cc3c(-c4nc5c(-c6cccc(F)c6)nccc5[nH]4)n[nH]c3cn2)c1. The Hall–Kier alpha value is -4.92. The molecule has 5 aromatic heterocycles. The monoisotopic (exact) mass is 504 g/mol. The van der Waals surface area contributed by atoms with E-state index in [4.69, 9.17) is 4.98 Å². The van der Waals surface area contributed by atoms with Gasteiger partial charge in [-0.05, 0) is 43.2 Å². The lowest BCUT2D eigenvalue weighted by molar-refractivity contribution is 0.628. The van der Waals surface area contributed by atoms with Crippen LogP contribution in [0.3, 0.4) is 0 Å². The number of pyridine rings is 3. The van der Waals surface area contributed by atoms with Gasteiger partial charge in [-0.15, -0.1) is 0 Å². The maximum absolute atomic E-state index is 13.9. The summed E-state index contributed by atoms with van der Waals surface area (Å²) in [7, 11) is 0. The van der Waals surface area contributed by atoms with Crippen LogP contribution in [0, 0.1) is 5.82 Å². The van der Waals surface area contributed by atoms with Gasteiger partial charge in [-0.25, -0.2) is 9.37 Å². The molecule has 0 saturated heterocycles. The Labute approximate surface area is 218 Å². The zero-order valence-corrected chi connectivity index (χ0v) is 20.8. The molecule has 0 spiro atoms. The minimum absolute atomic E-state index is 0.325. The molecule has 8 nitrogen and oxygen atoms in total. The van der Waals surface area contributed by atoms with Crippen molar-refractivity contribution in [1.82, 2.24) is 35.1 Å². The number of aromatic nitrogens is 7. The molecule has 1 aromatic carbocycles. The van der Waals surface area contributed by atoms with Gasteiger partial charge in [0, 0.05) is 34.6 Å². The van der Waals surface area contributed by atoms with Crippen LogP contribution in [0.5, 0.6) is 0 Å². The van der Waals surface area contributed by atoms with E-state index < -0.39 is 0 Å². The largest absolute Gasteiger partial charge is 0.358 e. The quantitative estimate of drug-likeness (QED) is 0.208. The van der Waals surface area contributed by atoms with Gasteiger partial charge >= 0.3 is 0 Å². The maximum Gasteiger partial charge on any atom is 0.159 e. The number of allylic oxidation sites excluding steroid dienone is 1. The molecule has 0 unspecified atom stereocenters. The van der Waals surface area contributed by atoms with Crippen molar-refractivity contribution >= 4 is 27.6 Å². The minimum atomic E-state index is -0.325. The maximum atomic E-state index is 13.9. The average Bonchev–Trinajstić information content (AvgIpc) is 3.55. The van der Waals surface area contributed by atoms with Crippen LogP contribution in [0.4, 0.5) is 10.1 Å². The van der Waals surface area contributed by atoms with Gasteiger partial charge in [0.15, 0.2) is 5.82 Å². The molecule has 188 valence electrons. The predicted molar refractivity (Wildman–Crippen MR) is 148 cm³/mol. The third-order valence-corrected chi connectivity index (χ3v) is 6.36. The summed E-state index contributed by atoms with van der Waals surface area (Å²) in [4.78, 5) is 21.6. The number of fused-ring (bicyclic) bond motifs is 2. The van der Waals surface area contributed by atoms with E-state index in [1.807, 2.05) is 24.3 Å². The smallest absolute Gasteiger partial charge is 0.159 e. The van der Waals surface area contributed by atoms with E-state index in [9.17, 15) is 4.39 Å². The fraction of sp³-hybridized carbons (Fsp3) is 0.138. The molecule has 0 amide bonds. The Kier molecular flexibility index (Phi) is 6.09. The Morgan fingerprint density at radius 2 is 1.92 bits per heavy atom. The highest BCUT2D eigenvalue weighted by Crippen LogP contribution is 2.32. The fourth-order valence-electron chi connectivity index (χ4n) is 4.45. The van der Waals surface area contributed by atoms with E-state index in [1.165, 1.54) is 12.1 Å². The molecule has 0 fully saturated rings. The highest BCUT2D eigenvalue weighted by atomic mass is 19.1. The van der Waals surface area contributed by atoms with Crippen molar-refractivity contribution in [3.8, 4) is 34.0 Å². The van der Waals surface area contributed by atoms with Gasteiger partial charge in [0.05, 0.1) is 40.5 Å². The molecule has 0 bridgehead atoms. The molecule has 5 heterocycles. The molecule has 0 atom stereocenters. The molecular weight excluding hydrogens is 479 g/mol. The third-order valence-electron chi connectivity index (χ3n) is 6.36. The number of H-pyrrole nitrogens is 2. The summed E-state index contributed by atoms with van der Waals surface area (Å²) >= 11 is 0. The molecule has 0 aliphatic rings. The molecule has 0 aliphatic carbocycles. The first kappa shape index (κ1) is 23.5. The Morgan fingerprint density at radius 1 is 1.00 bits per heavy atom. The zero-order valence-electron chi connectivity index (χ0n) is 20.8. The number of rotatable bonds is 8. The Balaban J connectivity index is 1.37. The van der Waals surface area contributed by atoms with Gasteiger partial charge in [0.1, 0.15) is 17.0 Å². The first-order valence-corrected chi connectivity index (χ1v) is 12.4. The molecule has 38 heavy (non-hydrogen) atoms. The first-order valence-electron chi connectivity index (χ1n) is 12.4. The van der Waals surface area contributed by atoms with Crippen LogP contribution in [0.1, 0.15) is 26.2 Å². The second kappa shape index (κ2) is 9.85. The van der Waals surface area contributed by atoms with Crippen LogP contribution < -0.4 is 5.32 Å². The highest BCUT2D eigenvalue weighted by Gasteiger charge is 2.17. The second-order valence-corrected chi connectivity index (χ2v) is 9.13. The number of nitrogens with zero attached hydrogens (tertiary/aromatic N) is 5. The number of aromatic amines is 2. The van der Waals surface area contributed by atoms with Crippen molar-refractivity contribution in [3.05, 3.63) is 85.3 Å². The van der Waals surface area contributed by atoms with Crippen molar-refractivity contribution in [1.29, 1.82) is 0 Å². The number of imidazole rings is 1. The lowest BCUT2D eigenvalue weighted by Crippen LogP contribution is -1.99. The van der Waals surface area contributed by atoms with Crippen molar-refractivity contribution in [2.24, 2.45) is 0 Å². The van der Waals surface area contributed by atoms with Gasteiger partial charge in [0.2, 0.25) is 0 Å². The average molecular weight is 505 g/mol. The Bertz CT molecular complexity index is 1780. The molecule has 0 radical (unpaired) electrons. The topological polar surface area (TPSA) is 108 Å². The van der Waals surface area contributed by atoms with Gasteiger partial charge in [0.25, 0.3) is 0 Å². The van der Waals surface area contributed by atoms with Crippen LogP contribution in [-0.2, 0) is 0 Å². The normalized spacial score (nSPS) is 11.3. The number of halogens is 1. The van der Waals surface area contributed by atoms with Crippen LogP contribution in [0.25, 0.3) is 56.0 Å². The molecule has 6 aromatic rings. The van der Waals surface area contributed by atoms with Crippen LogP contribution >= 0.6 is 0 Å². The number of anilines is 1. The lowest BCUT2D eigenvalue weighted by Gasteiger charge is -2.10. The van der Waals surface area contributed by atoms with Crippen LogP contribution in [-0.4, -0.2) is 35.1 Å². The standard InChI is InChI=1S/C29H25FN8/c1-3-4-6-17(2)34-21-12-19(14-31-15-21)24-13-22-25(16-33-24)37-38-27(22)29-35-23-9-10-32-26(28(23)36-29)18-7-5-8-20(30)11-18/h5,7-16,34H,2-4,6H2,1H3,(H,35,36)(H,37,38). The summed E-state index contributed by atoms with van der Waals surface area (Å²) in [6.45, 7) is 6.28. The van der Waals surface area contributed by atoms with Crippen molar-refractivity contribution in [2.45, 2.75) is 26.2 Å². The third kappa shape index (κ3) is 4.50. The Morgan fingerprint density at radius 3 is 2.79 bits per heavy atom. The van der Waals surface area contributed by atoms with Crippen LogP contribution in [0.2, 0.25) is 0 Å². The molecule has 3 N–H and O–H groups in total. The lowest BCUT2D eigenvalue weighted by atomic mass is 10.1. The molecule has 6 rings (SSSR count). The number of benzene rings is 1.